The molecule has 17 heavy (non-hydrogen) atoms. The van der Waals surface area contributed by atoms with Crippen LogP contribution in [0.2, 0.25) is 0 Å². The molecule has 1 unspecified atom stereocenters. The molecule has 1 saturated carbocycles. The van der Waals surface area contributed by atoms with Gasteiger partial charge >= 0.3 is 0 Å². The molecule has 0 radical (unpaired) electrons. The molecule has 2 fully saturated rings. The van der Waals surface area contributed by atoms with E-state index in [1.54, 1.807) is 0 Å². The van der Waals surface area contributed by atoms with Crippen LogP contribution < -0.4 is 4.90 Å². The molecule has 3 rings (SSSR count). The highest BCUT2D eigenvalue weighted by Crippen LogP contribution is 2.40. The van der Waals surface area contributed by atoms with Crippen molar-refractivity contribution in [2.24, 2.45) is 0 Å². The van der Waals surface area contributed by atoms with Gasteiger partial charge in [0.05, 0.1) is 0 Å². The molecule has 0 bridgehead atoms. The van der Waals surface area contributed by atoms with E-state index in [-0.39, 0.29) is 0 Å². The van der Waals surface area contributed by atoms with Gasteiger partial charge in [0.2, 0.25) is 0 Å². The summed E-state index contributed by atoms with van der Waals surface area (Å²) in [5.74, 6) is 2.81. The van der Waals surface area contributed by atoms with Crippen LogP contribution in [0.4, 0.5) is 5.82 Å². The van der Waals surface area contributed by atoms with Gasteiger partial charge in [-0.2, -0.15) is 0 Å². The Kier molecular flexibility index (Phi) is 2.77. The molecule has 0 N–H and O–H groups in total. The summed E-state index contributed by atoms with van der Waals surface area (Å²) in [5, 5.41) is 0. The molecule has 1 aliphatic carbocycles. The van der Waals surface area contributed by atoms with Crippen molar-refractivity contribution in [2.75, 3.05) is 11.4 Å². The first-order valence-electron chi connectivity index (χ1n) is 6.86. The Morgan fingerprint density at radius 2 is 2.00 bits per heavy atom. The average Bonchev–Trinajstić information content (AvgIpc) is 3.12. The van der Waals surface area contributed by atoms with Crippen molar-refractivity contribution >= 4 is 5.82 Å². The maximum atomic E-state index is 4.63. The van der Waals surface area contributed by atoms with Crippen molar-refractivity contribution in [1.29, 1.82) is 0 Å². The molecule has 2 heterocycles. The van der Waals surface area contributed by atoms with Crippen LogP contribution in [0.3, 0.4) is 0 Å². The monoisotopic (exact) mass is 231 g/mol. The van der Waals surface area contributed by atoms with Gasteiger partial charge in [0.15, 0.2) is 0 Å². The standard InChI is InChI=1S/C14H21N3/c1-10-5-3-4-8-17(10)14-9-13(12-6-7-12)15-11(2)16-14/h9-10,12H,3-8H2,1-2H3. The first-order valence-corrected chi connectivity index (χ1v) is 6.86. The summed E-state index contributed by atoms with van der Waals surface area (Å²) in [6.45, 7) is 5.49. The summed E-state index contributed by atoms with van der Waals surface area (Å²) < 4.78 is 0. The van der Waals surface area contributed by atoms with Crippen LogP contribution >= 0.6 is 0 Å². The van der Waals surface area contributed by atoms with Gasteiger partial charge in [-0.1, -0.05) is 0 Å². The van der Waals surface area contributed by atoms with E-state index in [1.807, 2.05) is 6.92 Å². The lowest BCUT2D eigenvalue weighted by atomic mass is 10.0. The second kappa shape index (κ2) is 4.28. The summed E-state index contributed by atoms with van der Waals surface area (Å²) in [4.78, 5) is 11.7. The number of aryl methyl sites for hydroxylation is 1. The molecular formula is C14H21N3. The molecule has 3 nitrogen and oxygen atoms in total. The van der Waals surface area contributed by atoms with Gasteiger partial charge < -0.3 is 4.90 Å². The van der Waals surface area contributed by atoms with Crippen molar-refractivity contribution in [3.63, 3.8) is 0 Å². The molecule has 3 heteroatoms. The quantitative estimate of drug-likeness (QED) is 0.783. The molecular weight excluding hydrogens is 210 g/mol. The molecule has 92 valence electrons. The summed E-state index contributed by atoms with van der Waals surface area (Å²) in [6.07, 6.45) is 6.57. The van der Waals surface area contributed by atoms with Crippen LogP contribution in [0.25, 0.3) is 0 Å². The summed E-state index contributed by atoms with van der Waals surface area (Å²) in [5.41, 5.74) is 1.27. The van der Waals surface area contributed by atoms with Crippen LogP contribution in [0.1, 0.15) is 56.5 Å². The van der Waals surface area contributed by atoms with E-state index >= 15 is 0 Å². The van der Waals surface area contributed by atoms with E-state index in [9.17, 15) is 0 Å². The highest BCUT2D eigenvalue weighted by molar-refractivity contribution is 5.42. The highest BCUT2D eigenvalue weighted by Gasteiger charge is 2.27. The van der Waals surface area contributed by atoms with E-state index in [4.69, 9.17) is 0 Å². The van der Waals surface area contributed by atoms with Crippen LogP contribution in [0.15, 0.2) is 6.07 Å². The minimum absolute atomic E-state index is 0.630. The Bertz CT molecular complexity index is 412. The fourth-order valence-electron chi connectivity index (χ4n) is 2.75. The fourth-order valence-corrected chi connectivity index (χ4v) is 2.75. The number of anilines is 1. The van der Waals surface area contributed by atoms with E-state index in [1.165, 1.54) is 37.8 Å². The minimum Gasteiger partial charge on any atom is -0.354 e. The maximum absolute atomic E-state index is 4.63. The van der Waals surface area contributed by atoms with Crippen LogP contribution in [0, 0.1) is 6.92 Å². The lowest BCUT2D eigenvalue weighted by Crippen LogP contribution is -2.38. The average molecular weight is 231 g/mol. The zero-order valence-electron chi connectivity index (χ0n) is 10.8. The minimum atomic E-state index is 0.630. The number of nitrogens with zero attached hydrogens (tertiary/aromatic N) is 3. The third-order valence-electron chi connectivity index (χ3n) is 3.94. The number of piperidine rings is 1. The molecule has 1 aliphatic heterocycles. The van der Waals surface area contributed by atoms with Crippen molar-refractivity contribution in [3.05, 3.63) is 17.6 Å². The highest BCUT2D eigenvalue weighted by atomic mass is 15.2. The number of hydrogen-bond acceptors (Lipinski definition) is 3. The fraction of sp³-hybridized carbons (Fsp3) is 0.714. The summed E-state index contributed by atoms with van der Waals surface area (Å²) in [6, 6.07) is 2.86. The van der Waals surface area contributed by atoms with Gasteiger partial charge in [0.25, 0.3) is 0 Å². The zero-order chi connectivity index (χ0) is 11.8. The molecule has 0 spiro atoms. The van der Waals surface area contributed by atoms with Gasteiger partial charge in [-0.05, 0) is 46.0 Å². The van der Waals surface area contributed by atoms with Gasteiger partial charge in [-0.15, -0.1) is 0 Å². The molecule has 0 amide bonds. The predicted octanol–water partition coefficient (Wildman–Crippen LogP) is 3.04. The Labute approximate surface area is 103 Å². The van der Waals surface area contributed by atoms with Crippen molar-refractivity contribution < 1.29 is 0 Å². The largest absolute Gasteiger partial charge is 0.354 e. The molecule has 2 aliphatic rings. The molecule has 1 atom stereocenters. The lowest BCUT2D eigenvalue weighted by molar-refractivity contribution is 0.480. The molecule has 1 saturated heterocycles. The van der Waals surface area contributed by atoms with Gasteiger partial charge in [-0.25, -0.2) is 9.97 Å². The lowest BCUT2D eigenvalue weighted by Gasteiger charge is -2.34. The van der Waals surface area contributed by atoms with Gasteiger partial charge in [0.1, 0.15) is 11.6 Å². The van der Waals surface area contributed by atoms with Crippen molar-refractivity contribution in [1.82, 2.24) is 9.97 Å². The number of rotatable bonds is 2. The second-order valence-electron chi connectivity index (χ2n) is 5.51. The van der Waals surface area contributed by atoms with E-state index in [0.717, 1.165) is 24.1 Å². The smallest absolute Gasteiger partial charge is 0.132 e. The topological polar surface area (TPSA) is 29.0 Å². The third-order valence-corrected chi connectivity index (χ3v) is 3.94. The van der Waals surface area contributed by atoms with Gasteiger partial charge in [-0.3, -0.25) is 0 Å². The van der Waals surface area contributed by atoms with E-state index in [2.05, 4.69) is 27.9 Å². The predicted molar refractivity (Wildman–Crippen MR) is 69.4 cm³/mol. The zero-order valence-corrected chi connectivity index (χ0v) is 10.8. The summed E-state index contributed by atoms with van der Waals surface area (Å²) in [7, 11) is 0. The van der Waals surface area contributed by atoms with E-state index in [0.29, 0.717) is 6.04 Å². The third kappa shape index (κ3) is 2.28. The van der Waals surface area contributed by atoms with Crippen molar-refractivity contribution in [3.8, 4) is 0 Å². The van der Waals surface area contributed by atoms with Crippen LogP contribution in [0.5, 0.6) is 0 Å². The Morgan fingerprint density at radius 1 is 1.18 bits per heavy atom. The molecule has 1 aromatic rings. The normalized spacial score (nSPS) is 25.1. The Balaban J connectivity index is 1.90. The summed E-state index contributed by atoms with van der Waals surface area (Å²) >= 11 is 0. The SMILES string of the molecule is Cc1nc(C2CC2)cc(N2CCCCC2C)n1. The second-order valence-corrected chi connectivity index (χ2v) is 5.51. The van der Waals surface area contributed by atoms with Crippen LogP contribution in [-0.4, -0.2) is 22.6 Å². The Morgan fingerprint density at radius 3 is 2.71 bits per heavy atom. The number of aromatic nitrogens is 2. The van der Waals surface area contributed by atoms with Gasteiger partial charge in [0, 0.05) is 30.3 Å². The first-order chi connectivity index (χ1) is 8.24. The first kappa shape index (κ1) is 11.0. The Hall–Kier alpha value is -1.12. The number of hydrogen-bond donors (Lipinski definition) is 0. The molecule has 1 aromatic heterocycles. The maximum Gasteiger partial charge on any atom is 0.132 e. The van der Waals surface area contributed by atoms with E-state index < -0.39 is 0 Å². The van der Waals surface area contributed by atoms with Crippen LogP contribution in [-0.2, 0) is 0 Å². The van der Waals surface area contributed by atoms with Crippen molar-refractivity contribution in [2.45, 2.75) is 57.9 Å². The molecule has 0 aromatic carbocycles.